The summed E-state index contributed by atoms with van der Waals surface area (Å²) in [6, 6.07) is 8.96. The van der Waals surface area contributed by atoms with Crippen LogP contribution in [-0.2, 0) is 0 Å². The van der Waals surface area contributed by atoms with Crippen LogP contribution in [0.15, 0.2) is 43.0 Å². The first-order chi connectivity index (χ1) is 7.63. The predicted octanol–water partition coefficient (Wildman–Crippen LogP) is 4.58. The Morgan fingerprint density at radius 1 is 1.25 bits per heavy atom. The fourth-order valence-corrected chi connectivity index (χ4v) is 2.09. The van der Waals surface area contributed by atoms with Gasteiger partial charge >= 0.3 is 0 Å². The summed E-state index contributed by atoms with van der Waals surface area (Å²) in [5, 5.41) is 2.07. The zero-order valence-corrected chi connectivity index (χ0v) is 9.63. The van der Waals surface area contributed by atoms with E-state index in [0.29, 0.717) is 5.92 Å². The molecule has 0 aliphatic rings. The highest BCUT2D eigenvalue weighted by Gasteiger charge is 2.08. The third-order valence-corrected chi connectivity index (χ3v) is 3.14. The lowest BCUT2D eigenvalue weighted by Gasteiger charge is -2.13. The lowest BCUT2D eigenvalue weighted by Crippen LogP contribution is -1.94. The van der Waals surface area contributed by atoms with Crippen molar-refractivity contribution in [2.45, 2.75) is 19.8 Å². The number of fused-ring (bicyclic) bond motifs is 1. The van der Waals surface area contributed by atoms with Gasteiger partial charge in [-0.3, -0.25) is 0 Å². The molecule has 0 bridgehead atoms. The first kappa shape index (κ1) is 10.9. The maximum atomic E-state index is 13.1. The summed E-state index contributed by atoms with van der Waals surface area (Å²) in [4.78, 5) is 0. The fourth-order valence-electron chi connectivity index (χ4n) is 2.09. The second-order valence-electron chi connectivity index (χ2n) is 4.17. The SMILES string of the molecule is C=CC(C)c1ccc2cc(F)ccc2c1C. The quantitative estimate of drug-likeness (QED) is 0.642. The van der Waals surface area contributed by atoms with Crippen LogP contribution < -0.4 is 0 Å². The first-order valence-corrected chi connectivity index (χ1v) is 5.45. The molecule has 0 aromatic heterocycles. The molecule has 0 nitrogen and oxygen atoms in total. The average Bonchev–Trinajstić information content (AvgIpc) is 2.28. The van der Waals surface area contributed by atoms with E-state index in [-0.39, 0.29) is 5.82 Å². The van der Waals surface area contributed by atoms with Gasteiger partial charge in [0.1, 0.15) is 5.82 Å². The number of rotatable bonds is 2. The summed E-state index contributed by atoms with van der Waals surface area (Å²) in [5.41, 5.74) is 2.47. The topological polar surface area (TPSA) is 0 Å². The summed E-state index contributed by atoms with van der Waals surface area (Å²) in [6.07, 6.45) is 1.93. The average molecular weight is 214 g/mol. The Morgan fingerprint density at radius 3 is 2.69 bits per heavy atom. The smallest absolute Gasteiger partial charge is 0.123 e. The van der Waals surface area contributed by atoms with Crippen LogP contribution in [0.1, 0.15) is 24.0 Å². The molecule has 82 valence electrons. The Bertz CT molecular complexity index is 540. The van der Waals surface area contributed by atoms with E-state index in [1.165, 1.54) is 17.2 Å². The monoisotopic (exact) mass is 214 g/mol. The van der Waals surface area contributed by atoms with Crippen molar-refractivity contribution in [3.05, 3.63) is 59.9 Å². The van der Waals surface area contributed by atoms with Gasteiger partial charge in [0.2, 0.25) is 0 Å². The van der Waals surface area contributed by atoms with E-state index in [0.717, 1.165) is 10.8 Å². The molecular formula is C15H15F. The van der Waals surface area contributed by atoms with Crippen molar-refractivity contribution in [3.8, 4) is 0 Å². The molecule has 0 amide bonds. The molecule has 0 saturated carbocycles. The van der Waals surface area contributed by atoms with E-state index in [9.17, 15) is 4.39 Å². The molecule has 1 atom stereocenters. The van der Waals surface area contributed by atoms with Crippen LogP contribution in [0, 0.1) is 12.7 Å². The molecule has 2 aromatic carbocycles. The van der Waals surface area contributed by atoms with Crippen molar-refractivity contribution in [1.82, 2.24) is 0 Å². The van der Waals surface area contributed by atoms with E-state index < -0.39 is 0 Å². The highest BCUT2D eigenvalue weighted by Crippen LogP contribution is 2.27. The highest BCUT2D eigenvalue weighted by atomic mass is 19.1. The molecule has 0 fully saturated rings. The van der Waals surface area contributed by atoms with E-state index in [2.05, 4.69) is 26.5 Å². The van der Waals surface area contributed by atoms with Crippen molar-refractivity contribution in [1.29, 1.82) is 0 Å². The third-order valence-electron chi connectivity index (χ3n) is 3.14. The van der Waals surface area contributed by atoms with Gasteiger partial charge in [0.25, 0.3) is 0 Å². The minimum atomic E-state index is -0.184. The van der Waals surface area contributed by atoms with Crippen molar-refractivity contribution in [3.63, 3.8) is 0 Å². The maximum Gasteiger partial charge on any atom is 0.123 e. The summed E-state index contributed by atoms with van der Waals surface area (Å²) >= 11 is 0. The molecule has 16 heavy (non-hydrogen) atoms. The molecule has 2 rings (SSSR count). The molecule has 0 aliphatic heterocycles. The number of allylic oxidation sites excluding steroid dienone is 1. The second-order valence-corrected chi connectivity index (χ2v) is 4.17. The zero-order chi connectivity index (χ0) is 11.7. The Labute approximate surface area is 95.4 Å². The van der Waals surface area contributed by atoms with Gasteiger partial charge in [0.05, 0.1) is 0 Å². The van der Waals surface area contributed by atoms with Crippen molar-refractivity contribution >= 4 is 10.8 Å². The molecule has 0 heterocycles. The van der Waals surface area contributed by atoms with Crippen LogP contribution in [0.2, 0.25) is 0 Å². The van der Waals surface area contributed by atoms with E-state index in [4.69, 9.17) is 0 Å². The molecular weight excluding hydrogens is 199 g/mol. The van der Waals surface area contributed by atoms with Gasteiger partial charge in [0.15, 0.2) is 0 Å². The fraction of sp³-hybridized carbons (Fsp3) is 0.200. The zero-order valence-electron chi connectivity index (χ0n) is 9.63. The van der Waals surface area contributed by atoms with Gasteiger partial charge in [-0.25, -0.2) is 4.39 Å². The molecule has 0 spiro atoms. The van der Waals surface area contributed by atoms with E-state index in [1.54, 1.807) is 6.07 Å². The Morgan fingerprint density at radius 2 is 2.00 bits per heavy atom. The number of aryl methyl sites for hydroxylation is 1. The lowest BCUT2D eigenvalue weighted by atomic mass is 9.92. The minimum Gasteiger partial charge on any atom is -0.207 e. The minimum absolute atomic E-state index is 0.184. The number of benzene rings is 2. The largest absolute Gasteiger partial charge is 0.207 e. The number of hydrogen-bond donors (Lipinski definition) is 0. The lowest BCUT2D eigenvalue weighted by molar-refractivity contribution is 0.629. The van der Waals surface area contributed by atoms with Crippen LogP contribution >= 0.6 is 0 Å². The third kappa shape index (κ3) is 1.73. The molecule has 1 heteroatoms. The van der Waals surface area contributed by atoms with Crippen molar-refractivity contribution < 1.29 is 4.39 Å². The molecule has 0 N–H and O–H groups in total. The highest BCUT2D eigenvalue weighted by molar-refractivity contribution is 5.86. The Hall–Kier alpha value is -1.63. The summed E-state index contributed by atoms with van der Waals surface area (Å²) in [7, 11) is 0. The molecule has 1 unspecified atom stereocenters. The summed E-state index contributed by atoms with van der Waals surface area (Å²) in [6.45, 7) is 8.01. The van der Waals surface area contributed by atoms with E-state index in [1.807, 2.05) is 18.2 Å². The molecule has 0 radical (unpaired) electrons. The van der Waals surface area contributed by atoms with Crippen LogP contribution in [0.25, 0.3) is 10.8 Å². The van der Waals surface area contributed by atoms with Gasteiger partial charge in [-0.2, -0.15) is 0 Å². The van der Waals surface area contributed by atoms with Crippen LogP contribution in [0.5, 0.6) is 0 Å². The standard InChI is InChI=1S/C15H15F/c1-4-10(2)14-7-5-12-9-13(16)6-8-15(12)11(14)3/h4-10H,1H2,2-3H3. The van der Waals surface area contributed by atoms with Crippen LogP contribution in [0.4, 0.5) is 4.39 Å². The van der Waals surface area contributed by atoms with Gasteiger partial charge in [-0.05, 0) is 46.9 Å². The van der Waals surface area contributed by atoms with Crippen LogP contribution in [0.3, 0.4) is 0 Å². The van der Waals surface area contributed by atoms with Crippen molar-refractivity contribution in [2.75, 3.05) is 0 Å². The molecule has 0 aliphatic carbocycles. The number of hydrogen-bond acceptors (Lipinski definition) is 0. The van der Waals surface area contributed by atoms with E-state index >= 15 is 0 Å². The van der Waals surface area contributed by atoms with Gasteiger partial charge in [-0.15, -0.1) is 6.58 Å². The Kier molecular flexibility index (Phi) is 2.78. The second kappa shape index (κ2) is 4.09. The van der Waals surface area contributed by atoms with Gasteiger partial charge < -0.3 is 0 Å². The summed E-state index contributed by atoms with van der Waals surface area (Å²) < 4.78 is 13.1. The normalized spacial score (nSPS) is 12.7. The summed E-state index contributed by atoms with van der Waals surface area (Å²) in [5.74, 6) is 0.144. The van der Waals surface area contributed by atoms with Crippen molar-refractivity contribution in [2.24, 2.45) is 0 Å². The number of halogens is 1. The predicted molar refractivity (Wildman–Crippen MR) is 67.3 cm³/mol. The molecule has 0 saturated heterocycles. The Balaban J connectivity index is 2.70. The first-order valence-electron chi connectivity index (χ1n) is 5.45. The van der Waals surface area contributed by atoms with Gasteiger partial charge in [0, 0.05) is 0 Å². The maximum absolute atomic E-state index is 13.1. The molecule has 2 aromatic rings. The van der Waals surface area contributed by atoms with Gasteiger partial charge in [-0.1, -0.05) is 31.2 Å². The van der Waals surface area contributed by atoms with Crippen LogP contribution in [-0.4, -0.2) is 0 Å².